The van der Waals surface area contributed by atoms with E-state index in [0.717, 1.165) is 10.4 Å². The molecule has 20 heavy (non-hydrogen) atoms. The van der Waals surface area contributed by atoms with Crippen LogP contribution in [0.25, 0.3) is 0 Å². The largest absolute Gasteiger partial charge is 0.394 e. The summed E-state index contributed by atoms with van der Waals surface area (Å²) in [6.45, 7) is -0.0796. The zero-order valence-electron chi connectivity index (χ0n) is 10.5. The number of para-hydroxylation sites is 1. The Morgan fingerprint density at radius 2 is 2.15 bits per heavy atom. The number of sulfonamides is 1. The average molecular weight is 302 g/mol. The van der Waals surface area contributed by atoms with Gasteiger partial charge < -0.3 is 9.84 Å². The smallest absolute Gasteiger partial charge is 0.289 e. The van der Waals surface area contributed by atoms with Crippen LogP contribution in [0.2, 0.25) is 0 Å². The summed E-state index contributed by atoms with van der Waals surface area (Å²) < 4.78 is 31.2. The van der Waals surface area contributed by atoms with E-state index in [1.54, 1.807) is 0 Å². The molecule has 9 heteroatoms. The number of hydrogen-bond donors (Lipinski definition) is 1. The van der Waals surface area contributed by atoms with Gasteiger partial charge in [-0.3, -0.25) is 10.1 Å². The molecule has 0 aromatic heterocycles. The number of nitrogens with zero attached hydrogens (tertiary/aromatic N) is 2. The van der Waals surface area contributed by atoms with Gasteiger partial charge in [0.25, 0.3) is 5.69 Å². The Kier molecular flexibility index (Phi) is 4.33. The SMILES string of the molecule is O=[N+]([O-])c1ccccc1S(=O)(=O)N1CCOC(CO)C1. The first-order chi connectivity index (χ1) is 9.46. The number of nitro benzene ring substituents is 1. The van der Waals surface area contributed by atoms with E-state index in [9.17, 15) is 18.5 Å². The monoisotopic (exact) mass is 302 g/mol. The van der Waals surface area contributed by atoms with Gasteiger partial charge in [-0.2, -0.15) is 4.31 Å². The van der Waals surface area contributed by atoms with Gasteiger partial charge in [0, 0.05) is 19.2 Å². The van der Waals surface area contributed by atoms with Crippen molar-refractivity contribution in [2.24, 2.45) is 0 Å². The maximum atomic E-state index is 12.5. The Morgan fingerprint density at radius 3 is 2.80 bits per heavy atom. The summed E-state index contributed by atoms with van der Waals surface area (Å²) in [5, 5.41) is 20.0. The molecule has 1 aliphatic heterocycles. The molecule has 1 N–H and O–H groups in total. The van der Waals surface area contributed by atoms with Gasteiger partial charge in [0.15, 0.2) is 4.90 Å². The predicted molar refractivity (Wildman–Crippen MR) is 68.7 cm³/mol. The summed E-state index contributed by atoms with van der Waals surface area (Å²) in [6, 6.07) is 5.20. The fourth-order valence-electron chi connectivity index (χ4n) is 1.99. The lowest BCUT2D eigenvalue weighted by atomic mass is 10.3. The van der Waals surface area contributed by atoms with Crippen LogP contribution >= 0.6 is 0 Å². The van der Waals surface area contributed by atoms with Gasteiger partial charge in [-0.25, -0.2) is 8.42 Å². The van der Waals surface area contributed by atoms with Crippen LogP contribution in [-0.2, 0) is 14.8 Å². The molecule has 1 aromatic carbocycles. The van der Waals surface area contributed by atoms with Gasteiger partial charge in [-0.1, -0.05) is 12.1 Å². The van der Waals surface area contributed by atoms with E-state index >= 15 is 0 Å². The summed E-state index contributed by atoms with van der Waals surface area (Å²) in [5.74, 6) is 0. The van der Waals surface area contributed by atoms with Gasteiger partial charge >= 0.3 is 0 Å². The molecule has 0 bridgehead atoms. The first-order valence-corrected chi connectivity index (χ1v) is 7.37. The van der Waals surface area contributed by atoms with Crippen LogP contribution in [0.3, 0.4) is 0 Å². The van der Waals surface area contributed by atoms with Crippen molar-refractivity contribution >= 4 is 15.7 Å². The highest BCUT2D eigenvalue weighted by Gasteiger charge is 2.34. The lowest BCUT2D eigenvalue weighted by Gasteiger charge is -2.31. The number of rotatable bonds is 4. The minimum atomic E-state index is -3.98. The fraction of sp³-hybridized carbons (Fsp3) is 0.455. The Hall–Kier alpha value is -1.55. The van der Waals surface area contributed by atoms with Crippen molar-refractivity contribution in [2.75, 3.05) is 26.3 Å². The quantitative estimate of drug-likeness (QED) is 0.618. The lowest BCUT2D eigenvalue weighted by molar-refractivity contribution is -0.387. The van der Waals surface area contributed by atoms with Crippen LogP contribution in [0, 0.1) is 10.1 Å². The lowest BCUT2D eigenvalue weighted by Crippen LogP contribution is -2.46. The third-order valence-electron chi connectivity index (χ3n) is 2.98. The fourth-order valence-corrected chi connectivity index (χ4v) is 3.60. The number of benzene rings is 1. The molecule has 0 saturated carbocycles. The Morgan fingerprint density at radius 1 is 1.45 bits per heavy atom. The van der Waals surface area contributed by atoms with E-state index in [0.29, 0.717) is 0 Å². The van der Waals surface area contributed by atoms with Crippen molar-refractivity contribution in [2.45, 2.75) is 11.0 Å². The summed E-state index contributed by atoms with van der Waals surface area (Å²) in [7, 11) is -3.98. The molecule has 1 saturated heterocycles. The van der Waals surface area contributed by atoms with Crippen molar-refractivity contribution in [3.63, 3.8) is 0 Å². The number of morpholine rings is 1. The Labute approximate surface area is 115 Å². The number of nitro groups is 1. The molecule has 0 aliphatic carbocycles. The van der Waals surface area contributed by atoms with Crippen molar-refractivity contribution < 1.29 is 23.2 Å². The number of ether oxygens (including phenoxy) is 1. The van der Waals surface area contributed by atoms with Crippen LogP contribution in [0.15, 0.2) is 29.2 Å². The summed E-state index contributed by atoms with van der Waals surface area (Å²) in [6.07, 6.45) is -0.610. The van der Waals surface area contributed by atoms with Crippen LogP contribution in [-0.4, -0.2) is 55.2 Å². The number of aliphatic hydroxyl groups is 1. The molecular formula is C11H14N2O6S. The topological polar surface area (TPSA) is 110 Å². The van der Waals surface area contributed by atoms with Crippen molar-refractivity contribution in [1.29, 1.82) is 0 Å². The van der Waals surface area contributed by atoms with Crippen LogP contribution in [0.4, 0.5) is 5.69 Å². The van der Waals surface area contributed by atoms with E-state index in [-0.39, 0.29) is 31.2 Å². The third kappa shape index (κ3) is 2.80. The number of aliphatic hydroxyl groups excluding tert-OH is 1. The van der Waals surface area contributed by atoms with Gasteiger partial charge in [-0.05, 0) is 6.07 Å². The van der Waals surface area contributed by atoms with Crippen LogP contribution in [0.1, 0.15) is 0 Å². The minimum absolute atomic E-state index is 0.0229. The van der Waals surface area contributed by atoms with Crippen molar-refractivity contribution in [1.82, 2.24) is 4.31 Å². The number of hydrogen-bond acceptors (Lipinski definition) is 6. The van der Waals surface area contributed by atoms with Gasteiger partial charge in [0.2, 0.25) is 10.0 Å². The highest BCUT2D eigenvalue weighted by Crippen LogP contribution is 2.27. The second-order valence-corrected chi connectivity index (χ2v) is 6.17. The first-order valence-electron chi connectivity index (χ1n) is 5.93. The molecule has 1 unspecified atom stereocenters. The Bertz CT molecular complexity index is 603. The molecule has 2 rings (SSSR count). The van der Waals surface area contributed by atoms with Crippen LogP contribution < -0.4 is 0 Å². The molecule has 0 spiro atoms. The summed E-state index contributed by atoms with van der Waals surface area (Å²) in [4.78, 5) is 9.86. The standard InChI is InChI=1S/C11H14N2O6S/c14-8-9-7-12(5-6-19-9)20(17,18)11-4-2-1-3-10(11)13(15)16/h1-4,9,14H,5-8H2. The predicted octanol–water partition coefficient (Wildman–Crippen LogP) is -0.0234. The van der Waals surface area contributed by atoms with E-state index in [1.165, 1.54) is 18.2 Å². The second-order valence-electron chi connectivity index (χ2n) is 4.26. The Balaban J connectivity index is 2.38. The first kappa shape index (κ1) is 14.9. The van der Waals surface area contributed by atoms with Gasteiger partial charge in [0.1, 0.15) is 0 Å². The maximum absolute atomic E-state index is 12.5. The van der Waals surface area contributed by atoms with E-state index in [2.05, 4.69) is 0 Å². The van der Waals surface area contributed by atoms with E-state index in [4.69, 9.17) is 9.84 Å². The molecule has 1 aromatic rings. The molecule has 1 aliphatic rings. The maximum Gasteiger partial charge on any atom is 0.289 e. The van der Waals surface area contributed by atoms with Crippen molar-refractivity contribution in [3.05, 3.63) is 34.4 Å². The highest BCUT2D eigenvalue weighted by atomic mass is 32.2. The third-order valence-corrected chi connectivity index (χ3v) is 4.90. The van der Waals surface area contributed by atoms with E-state index < -0.39 is 26.7 Å². The zero-order chi connectivity index (χ0) is 14.8. The average Bonchev–Trinajstić information content (AvgIpc) is 2.47. The second kappa shape index (κ2) is 5.83. The molecular weight excluding hydrogens is 288 g/mol. The van der Waals surface area contributed by atoms with Crippen molar-refractivity contribution in [3.8, 4) is 0 Å². The zero-order valence-corrected chi connectivity index (χ0v) is 11.3. The normalized spacial score (nSPS) is 20.8. The van der Waals surface area contributed by atoms with Gasteiger partial charge in [-0.15, -0.1) is 0 Å². The molecule has 0 amide bonds. The molecule has 1 fully saturated rings. The molecule has 1 heterocycles. The van der Waals surface area contributed by atoms with E-state index in [1.807, 2.05) is 0 Å². The molecule has 110 valence electrons. The van der Waals surface area contributed by atoms with Gasteiger partial charge in [0.05, 0.1) is 24.2 Å². The highest BCUT2D eigenvalue weighted by molar-refractivity contribution is 7.89. The minimum Gasteiger partial charge on any atom is -0.394 e. The molecule has 0 radical (unpaired) electrons. The molecule has 8 nitrogen and oxygen atoms in total. The summed E-state index contributed by atoms with van der Waals surface area (Å²) >= 11 is 0. The molecule has 1 atom stereocenters. The van der Waals surface area contributed by atoms with Crippen LogP contribution in [0.5, 0.6) is 0 Å². The summed E-state index contributed by atoms with van der Waals surface area (Å²) in [5.41, 5.74) is -0.459.